The third-order valence-corrected chi connectivity index (χ3v) is 3.71. The summed E-state index contributed by atoms with van der Waals surface area (Å²) in [4.78, 5) is 27.7. The maximum absolute atomic E-state index is 12.5. The average Bonchev–Trinajstić information content (AvgIpc) is 3.21. The van der Waals surface area contributed by atoms with Crippen LogP contribution in [0.4, 0.5) is 4.79 Å². The second kappa shape index (κ2) is 6.78. The zero-order chi connectivity index (χ0) is 13.7. The Balaban J connectivity index is 1.93. The molecule has 1 saturated heterocycles. The maximum Gasteiger partial charge on any atom is 0.325 e. The lowest BCUT2D eigenvalue weighted by Gasteiger charge is -2.29. The second-order valence-corrected chi connectivity index (χ2v) is 5.35. The van der Waals surface area contributed by atoms with Crippen molar-refractivity contribution in [2.45, 2.75) is 51.5 Å². The minimum atomic E-state index is -0.294. The zero-order valence-electron chi connectivity index (χ0n) is 11.8. The molecule has 0 bridgehead atoms. The number of hydrogen-bond donors (Lipinski definition) is 0. The Kier molecular flexibility index (Phi) is 5.05. The van der Waals surface area contributed by atoms with Gasteiger partial charge in [0.2, 0.25) is 0 Å². The molecule has 2 fully saturated rings. The van der Waals surface area contributed by atoms with Crippen molar-refractivity contribution in [2.24, 2.45) is 0 Å². The molecule has 0 spiro atoms. The summed E-state index contributed by atoms with van der Waals surface area (Å²) in [5, 5.41) is 0. The summed E-state index contributed by atoms with van der Waals surface area (Å²) in [7, 11) is 0. The van der Waals surface area contributed by atoms with Gasteiger partial charge in [-0.1, -0.05) is 12.8 Å². The summed E-state index contributed by atoms with van der Waals surface area (Å²) in [6.45, 7) is 3.91. The van der Waals surface area contributed by atoms with Gasteiger partial charge in [-0.15, -0.1) is 0 Å². The van der Waals surface area contributed by atoms with Crippen LogP contribution in [0.15, 0.2) is 0 Å². The van der Waals surface area contributed by atoms with E-state index in [2.05, 4.69) is 0 Å². The summed E-state index contributed by atoms with van der Waals surface area (Å²) in [5.41, 5.74) is 0. The number of rotatable bonds is 4. The lowest BCUT2D eigenvalue weighted by molar-refractivity contribution is -0.144. The molecular formula is C14H24N2O3. The van der Waals surface area contributed by atoms with E-state index in [0.717, 1.165) is 38.8 Å². The zero-order valence-corrected chi connectivity index (χ0v) is 11.8. The highest BCUT2D eigenvalue weighted by Gasteiger charge is 2.36. The van der Waals surface area contributed by atoms with Gasteiger partial charge in [-0.3, -0.25) is 4.79 Å². The highest BCUT2D eigenvalue weighted by atomic mass is 16.5. The SMILES string of the molecule is CCOC(=O)CN(C(=O)N1CCCCCC1)C1CC1. The first-order valence-electron chi connectivity index (χ1n) is 7.43. The topological polar surface area (TPSA) is 49.9 Å². The summed E-state index contributed by atoms with van der Waals surface area (Å²) in [6.07, 6.45) is 6.57. The lowest BCUT2D eigenvalue weighted by Crippen LogP contribution is -2.47. The molecule has 0 radical (unpaired) electrons. The van der Waals surface area contributed by atoms with E-state index in [9.17, 15) is 9.59 Å². The van der Waals surface area contributed by atoms with Crippen LogP contribution in [-0.2, 0) is 9.53 Å². The highest BCUT2D eigenvalue weighted by Crippen LogP contribution is 2.28. The van der Waals surface area contributed by atoms with Crippen LogP contribution in [0.2, 0.25) is 0 Å². The van der Waals surface area contributed by atoms with Crippen molar-refractivity contribution >= 4 is 12.0 Å². The molecule has 108 valence electrons. The van der Waals surface area contributed by atoms with E-state index in [0.29, 0.717) is 6.61 Å². The van der Waals surface area contributed by atoms with Gasteiger partial charge in [0.05, 0.1) is 6.61 Å². The summed E-state index contributed by atoms with van der Waals surface area (Å²) in [6, 6.07) is 0.276. The van der Waals surface area contributed by atoms with Gasteiger partial charge in [0.15, 0.2) is 0 Å². The van der Waals surface area contributed by atoms with Crippen molar-refractivity contribution in [3.05, 3.63) is 0 Å². The minimum absolute atomic E-state index is 0.0254. The number of likely N-dealkylation sites (tertiary alicyclic amines) is 1. The van der Waals surface area contributed by atoms with Crippen molar-refractivity contribution in [1.29, 1.82) is 0 Å². The Morgan fingerprint density at radius 2 is 1.79 bits per heavy atom. The Labute approximate surface area is 114 Å². The van der Waals surface area contributed by atoms with Gasteiger partial charge < -0.3 is 14.5 Å². The quantitative estimate of drug-likeness (QED) is 0.733. The van der Waals surface area contributed by atoms with Gasteiger partial charge in [0, 0.05) is 19.1 Å². The Hall–Kier alpha value is -1.26. The molecule has 2 aliphatic rings. The lowest BCUT2D eigenvalue weighted by atomic mass is 10.2. The molecule has 0 atom stereocenters. The van der Waals surface area contributed by atoms with Crippen LogP contribution in [0.3, 0.4) is 0 Å². The van der Waals surface area contributed by atoms with E-state index < -0.39 is 0 Å². The molecule has 1 saturated carbocycles. The number of urea groups is 1. The molecule has 0 N–H and O–H groups in total. The molecule has 5 nitrogen and oxygen atoms in total. The van der Waals surface area contributed by atoms with Crippen LogP contribution < -0.4 is 0 Å². The highest BCUT2D eigenvalue weighted by molar-refractivity contribution is 5.81. The van der Waals surface area contributed by atoms with E-state index in [-0.39, 0.29) is 24.6 Å². The van der Waals surface area contributed by atoms with Crippen molar-refractivity contribution < 1.29 is 14.3 Å². The average molecular weight is 268 g/mol. The fourth-order valence-corrected chi connectivity index (χ4v) is 2.53. The molecular weight excluding hydrogens is 244 g/mol. The van der Waals surface area contributed by atoms with Gasteiger partial charge in [-0.25, -0.2) is 4.79 Å². The summed E-state index contributed by atoms with van der Waals surface area (Å²) in [5.74, 6) is -0.294. The molecule has 0 aromatic carbocycles. The molecule has 0 unspecified atom stereocenters. The number of nitrogens with zero attached hydrogens (tertiary/aromatic N) is 2. The van der Waals surface area contributed by atoms with Crippen molar-refractivity contribution in [3.8, 4) is 0 Å². The van der Waals surface area contributed by atoms with E-state index in [1.807, 2.05) is 4.90 Å². The van der Waals surface area contributed by atoms with Crippen LogP contribution in [0.5, 0.6) is 0 Å². The largest absolute Gasteiger partial charge is 0.465 e. The van der Waals surface area contributed by atoms with Crippen molar-refractivity contribution in [1.82, 2.24) is 9.80 Å². The summed E-state index contributed by atoms with van der Waals surface area (Å²) >= 11 is 0. The first-order chi connectivity index (χ1) is 9.22. The fraction of sp³-hybridized carbons (Fsp3) is 0.857. The molecule has 19 heavy (non-hydrogen) atoms. The minimum Gasteiger partial charge on any atom is -0.465 e. The van der Waals surface area contributed by atoms with Gasteiger partial charge in [-0.05, 0) is 32.6 Å². The Morgan fingerprint density at radius 3 is 2.32 bits per heavy atom. The van der Waals surface area contributed by atoms with Gasteiger partial charge in [0.25, 0.3) is 0 Å². The van der Waals surface area contributed by atoms with E-state index in [1.165, 1.54) is 12.8 Å². The summed E-state index contributed by atoms with van der Waals surface area (Å²) < 4.78 is 4.96. The third kappa shape index (κ3) is 4.11. The molecule has 1 aliphatic heterocycles. The molecule has 2 rings (SSSR count). The Morgan fingerprint density at radius 1 is 1.16 bits per heavy atom. The number of ether oxygens (including phenoxy) is 1. The van der Waals surface area contributed by atoms with Crippen LogP contribution in [0, 0.1) is 0 Å². The molecule has 1 heterocycles. The van der Waals surface area contributed by atoms with E-state index >= 15 is 0 Å². The molecule has 5 heteroatoms. The van der Waals surface area contributed by atoms with Gasteiger partial charge >= 0.3 is 12.0 Å². The van der Waals surface area contributed by atoms with E-state index in [1.54, 1.807) is 11.8 Å². The van der Waals surface area contributed by atoms with Crippen LogP contribution in [-0.4, -0.2) is 54.1 Å². The van der Waals surface area contributed by atoms with Crippen molar-refractivity contribution in [2.75, 3.05) is 26.2 Å². The van der Waals surface area contributed by atoms with Gasteiger partial charge in [0.1, 0.15) is 6.54 Å². The number of hydrogen-bond acceptors (Lipinski definition) is 3. The molecule has 0 aromatic rings. The number of amides is 2. The predicted octanol–water partition coefficient (Wildman–Crippen LogP) is 2.01. The standard InChI is InChI=1S/C14H24N2O3/c1-2-19-13(17)11-16(12-7-8-12)14(18)15-9-5-3-4-6-10-15/h12H,2-11H2,1H3. The monoisotopic (exact) mass is 268 g/mol. The van der Waals surface area contributed by atoms with Crippen molar-refractivity contribution in [3.63, 3.8) is 0 Å². The van der Waals surface area contributed by atoms with Crippen LogP contribution in [0.1, 0.15) is 45.4 Å². The maximum atomic E-state index is 12.5. The molecule has 2 amide bonds. The molecule has 1 aliphatic carbocycles. The van der Waals surface area contributed by atoms with E-state index in [4.69, 9.17) is 4.74 Å². The third-order valence-electron chi connectivity index (χ3n) is 3.71. The normalized spacial score (nSPS) is 19.7. The van der Waals surface area contributed by atoms with Crippen LogP contribution in [0.25, 0.3) is 0 Å². The number of carbonyl (C=O) groups is 2. The second-order valence-electron chi connectivity index (χ2n) is 5.35. The fourth-order valence-electron chi connectivity index (χ4n) is 2.53. The number of carbonyl (C=O) groups excluding carboxylic acids is 2. The Bertz CT molecular complexity index is 321. The van der Waals surface area contributed by atoms with Crippen LogP contribution >= 0.6 is 0 Å². The van der Waals surface area contributed by atoms with Gasteiger partial charge in [-0.2, -0.15) is 0 Å². The first kappa shape index (κ1) is 14.2. The predicted molar refractivity (Wildman–Crippen MR) is 71.8 cm³/mol. The first-order valence-corrected chi connectivity index (χ1v) is 7.43. The molecule has 0 aromatic heterocycles. The smallest absolute Gasteiger partial charge is 0.325 e. The number of esters is 1.